The van der Waals surface area contributed by atoms with Crippen molar-refractivity contribution in [1.82, 2.24) is 4.57 Å². The van der Waals surface area contributed by atoms with Gasteiger partial charge in [0, 0.05) is 24.3 Å². The van der Waals surface area contributed by atoms with Gasteiger partial charge in [-0.3, -0.25) is 9.59 Å². The smallest absolute Gasteiger partial charge is 0.312 e. The molecule has 1 aromatic carbocycles. The van der Waals surface area contributed by atoms with Gasteiger partial charge in [0.1, 0.15) is 0 Å². The SMILES string of the molecule is CC(C)(CN)OCCc1ccc(C(=O)c2ccc3n2CC[C@@H]3C(=O)O)cc1. The summed E-state index contributed by atoms with van der Waals surface area (Å²) in [5, 5.41) is 9.28. The zero-order chi connectivity index (χ0) is 19.6. The third kappa shape index (κ3) is 4.12. The van der Waals surface area contributed by atoms with E-state index in [0.29, 0.717) is 43.1 Å². The minimum Gasteiger partial charge on any atom is -0.481 e. The number of aromatic nitrogens is 1. The van der Waals surface area contributed by atoms with E-state index in [1.54, 1.807) is 12.1 Å². The van der Waals surface area contributed by atoms with Crippen molar-refractivity contribution in [2.24, 2.45) is 5.73 Å². The maximum atomic E-state index is 12.8. The van der Waals surface area contributed by atoms with Crippen molar-refractivity contribution in [2.75, 3.05) is 13.2 Å². The Bertz CT molecular complexity index is 836. The monoisotopic (exact) mass is 370 g/mol. The number of benzene rings is 1. The number of carboxylic acid groups (broad SMARTS) is 1. The van der Waals surface area contributed by atoms with E-state index in [9.17, 15) is 14.7 Å². The van der Waals surface area contributed by atoms with Crippen molar-refractivity contribution in [3.8, 4) is 0 Å². The Balaban J connectivity index is 1.67. The number of fused-ring (bicyclic) bond motifs is 1. The Morgan fingerprint density at radius 3 is 2.56 bits per heavy atom. The molecule has 1 aliphatic heterocycles. The van der Waals surface area contributed by atoms with Crippen molar-refractivity contribution in [1.29, 1.82) is 0 Å². The number of ketones is 1. The van der Waals surface area contributed by atoms with Gasteiger partial charge >= 0.3 is 5.97 Å². The lowest BCUT2D eigenvalue weighted by atomic mass is 10.0. The number of hydrogen-bond donors (Lipinski definition) is 2. The first-order valence-corrected chi connectivity index (χ1v) is 9.22. The van der Waals surface area contributed by atoms with Gasteiger partial charge in [-0.05, 0) is 44.4 Å². The second-order valence-electron chi connectivity index (χ2n) is 7.56. The van der Waals surface area contributed by atoms with Gasteiger partial charge in [0.15, 0.2) is 0 Å². The average Bonchev–Trinajstić information content (AvgIpc) is 3.23. The average molecular weight is 370 g/mol. The van der Waals surface area contributed by atoms with E-state index < -0.39 is 11.9 Å². The zero-order valence-corrected chi connectivity index (χ0v) is 15.8. The Labute approximate surface area is 158 Å². The van der Waals surface area contributed by atoms with Crippen LogP contribution in [0.4, 0.5) is 0 Å². The highest BCUT2D eigenvalue weighted by molar-refractivity contribution is 6.08. The molecule has 1 atom stereocenters. The Hall–Kier alpha value is -2.44. The molecule has 6 heteroatoms. The summed E-state index contributed by atoms with van der Waals surface area (Å²) in [6.45, 7) is 5.51. The van der Waals surface area contributed by atoms with E-state index in [-0.39, 0.29) is 11.4 Å². The molecular formula is C21H26N2O4. The number of carbonyl (C=O) groups is 2. The van der Waals surface area contributed by atoms with E-state index >= 15 is 0 Å². The van der Waals surface area contributed by atoms with Crippen molar-refractivity contribution < 1.29 is 19.4 Å². The fourth-order valence-electron chi connectivity index (χ4n) is 3.37. The molecule has 3 rings (SSSR count). The second-order valence-corrected chi connectivity index (χ2v) is 7.56. The molecule has 2 aromatic rings. The lowest BCUT2D eigenvalue weighted by Gasteiger charge is -2.23. The molecule has 0 aliphatic carbocycles. The van der Waals surface area contributed by atoms with Crippen molar-refractivity contribution in [3.05, 3.63) is 58.9 Å². The Kier molecular flexibility index (Phi) is 5.48. The van der Waals surface area contributed by atoms with Crippen LogP contribution >= 0.6 is 0 Å². The molecule has 27 heavy (non-hydrogen) atoms. The molecule has 0 saturated carbocycles. The number of rotatable bonds is 8. The molecule has 0 radical (unpaired) electrons. The van der Waals surface area contributed by atoms with Crippen LogP contribution in [0.1, 0.15) is 53.5 Å². The van der Waals surface area contributed by atoms with Crippen LogP contribution in [0, 0.1) is 0 Å². The molecule has 0 amide bonds. The summed E-state index contributed by atoms with van der Waals surface area (Å²) in [7, 11) is 0. The largest absolute Gasteiger partial charge is 0.481 e. The highest BCUT2D eigenvalue weighted by Gasteiger charge is 2.31. The van der Waals surface area contributed by atoms with E-state index in [1.165, 1.54) is 0 Å². The minimum atomic E-state index is -0.838. The van der Waals surface area contributed by atoms with Crippen LogP contribution in [0.5, 0.6) is 0 Å². The van der Waals surface area contributed by atoms with Crippen LogP contribution in [0.2, 0.25) is 0 Å². The quantitative estimate of drug-likeness (QED) is 0.697. The van der Waals surface area contributed by atoms with Crippen molar-refractivity contribution >= 4 is 11.8 Å². The first-order valence-electron chi connectivity index (χ1n) is 9.22. The molecule has 6 nitrogen and oxygen atoms in total. The standard InChI is InChI=1S/C21H26N2O4/c1-21(2,13-22)27-12-10-14-3-5-15(6-4-14)19(24)18-8-7-17-16(20(25)26)9-11-23(17)18/h3-8,16H,9-13,22H2,1-2H3,(H,25,26)/t16-/m0/s1. The number of nitrogens with two attached hydrogens (primary N) is 1. The maximum Gasteiger partial charge on any atom is 0.312 e. The van der Waals surface area contributed by atoms with Gasteiger partial charge in [-0.15, -0.1) is 0 Å². The summed E-state index contributed by atoms with van der Waals surface area (Å²) in [6, 6.07) is 11.0. The number of carboxylic acids is 1. The topological polar surface area (TPSA) is 94.5 Å². The zero-order valence-electron chi connectivity index (χ0n) is 15.8. The minimum absolute atomic E-state index is 0.0839. The predicted octanol–water partition coefficient (Wildman–Crippen LogP) is 2.59. The Morgan fingerprint density at radius 1 is 1.22 bits per heavy atom. The fraction of sp³-hybridized carbons (Fsp3) is 0.429. The lowest BCUT2D eigenvalue weighted by Crippen LogP contribution is -2.34. The summed E-state index contributed by atoms with van der Waals surface area (Å²) in [6.07, 6.45) is 1.28. The molecule has 0 fully saturated rings. The number of ether oxygens (including phenoxy) is 1. The molecule has 0 unspecified atom stereocenters. The molecule has 3 N–H and O–H groups in total. The van der Waals surface area contributed by atoms with Crippen LogP contribution in [0.15, 0.2) is 36.4 Å². The molecule has 2 heterocycles. The first kappa shape index (κ1) is 19.3. The summed E-state index contributed by atoms with van der Waals surface area (Å²) in [5.41, 5.74) is 8.27. The van der Waals surface area contributed by atoms with Gasteiger partial charge in [0.05, 0.1) is 23.8 Å². The van der Waals surface area contributed by atoms with Crippen molar-refractivity contribution in [2.45, 2.75) is 44.8 Å². The van der Waals surface area contributed by atoms with Crippen LogP contribution in [0.3, 0.4) is 0 Å². The fourth-order valence-corrected chi connectivity index (χ4v) is 3.37. The third-order valence-corrected chi connectivity index (χ3v) is 5.13. The van der Waals surface area contributed by atoms with Crippen molar-refractivity contribution in [3.63, 3.8) is 0 Å². The van der Waals surface area contributed by atoms with Gasteiger partial charge in [0.25, 0.3) is 0 Å². The molecular weight excluding hydrogens is 344 g/mol. The summed E-state index contributed by atoms with van der Waals surface area (Å²) in [5.74, 6) is -1.44. The van der Waals surface area contributed by atoms with Gasteiger partial charge < -0.3 is 20.1 Å². The number of hydrogen-bond acceptors (Lipinski definition) is 4. The molecule has 0 saturated heterocycles. The number of aliphatic carboxylic acids is 1. The van der Waals surface area contributed by atoms with Crippen LogP contribution < -0.4 is 5.73 Å². The van der Waals surface area contributed by atoms with Gasteiger partial charge in [-0.25, -0.2) is 0 Å². The predicted molar refractivity (Wildman–Crippen MR) is 102 cm³/mol. The van der Waals surface area contributed by atoms with E-state index in [1.807, 2.05) is 42.7 Å². The highest BCUT2D eigenvalue weighted by atomic mass is 16.5. The van der Waals surface area contributed by atoms with Gasteiger partial charge in [-0.2, -0.15) is 0 Å². The lowest BCUT2D eigenvalue weighted by molar-refractivity contribution is -0.138. The first-order chi connectivity index (χ1) is 12.8. The highest BCUT2D eigenvalue weighted by Crippen LogP contribution is 2.31. The van der Waals surface area contributed by atoms with Gasteiger partial charge in [-0.1, -0.05) is 24.3 Å². The van der Waals surface area contributed by atoms with E-state index in [4.69, 9.17) is 10.5 Å². The summed E-state index contributed by atoms with van der Waals surface area (Å²) in [4.78, 5) is 24.1. The molecule has 0 bridgehead atoms. The summed E-state index contributed by atoms with van der Waals surface area (Å²) >= 11 is 0. The third-order valence-electron chi connectivity index (χ3n) is 5.13. The maximum absolute atomic E-state index is 12.8. The molecule has 144 valence electrons. The van der Waals surface area contributed by atoms with Crippen LogP contribution in [-0.2, 0) is 22.5 Å². The van der Waals surface area contributed by atoms with Crippen LogP contribution in [-0.4, -0.2) is 40.2 Å². The molecule has 0 spiro atoms. The van der Waals surface area contributed by atoms with E-state index in [2.05, 4.69) is 0 Å². The molecule has 1 aromatic heterocycles. The normalized spacial score (nSPS) is 16.3. The Morgan fingerprint density at radius 2 is 1.93 bits per heavy atom. The summed E-state index contributed by atoms with van der Waals surface area (Å²) < 4.78 is 7.59. The van der Waals surface area contributed by atoms with E-state index in [0.717, 1.165) is 12.0 Å². The molecule has 1 aliphatic rings. The number of nitrogens with zero attached hydrogens (tertiary/aromatic N) is 1. The van der Waals surface area contributed by atoms with Gasteiger partial charge in [0.2, 0.25) is 5.78 Å². The van der Waals surface area contributed by atoms with Crippen LogP contribution in [0.25, 0.3) is 0 Å². The second kappa shape index (κ2) is 7.66. The number of carbonyl (C=O) groups excluding carboxylic acids is 1.